The second kappa shape index (κ2) is 4.25. The molecular weight excluding hydrogens is 212 g/mol. The first-order valence-corrected chi connectivity index (χ1v) is 4.65. The Morgan fingerprint density at radius 3 is 2.85 bits per heavy atom. The van der Waals surface area contributed by atoms with E-state index in [1.54, 1.807) is 5.38 Å². The molecule has 0 aromatic carbocycles. The number of halogens is 1. The van der Waals surface area contributed by atoms with Crippen molar-refractivity contribution in [2.45, 2.75) is 6.92 Å². The van der Waals surface area contributed by atoms with Gasteiger partial charge in [-0.05, 0) is 17.9 Å². The Morgan fingerprint density at radius 1 is 1.69 bits per heavy atom. The molecular formula is C7H7ClN2O2S. The van der Waals surface area contributed by atoms with E-state index in [0.717, 1.165) is 5.56 Å². The van der Waals surface area contributed by atoms with Crippen molar-refractivity contribution in [1.82, 2.24) is 10.9 Å². The largest absolute Gasteiger partial charge is 0.281 e. The molecule has 0 bridgehead atoms. The maximum absolute atomic E-state index is 11.2. The third-order valence-electron chi connectivity index (χ3n) is 1.35. The summed E-state index contributed by atoms with van der Waals surface area (Å²) in [6.45, 7) is 1.81. The van der Waals surface area contributed by atoms with E-state index in [1.165, 1.54) is 11.3 Å². The second-order valence-electron chi connectivity index (χ2n) is 2.28. The van der Waals surface area contributed by atoms with Crippen LogP contribution < -0.4 is 10.9 Å². The SMILES string of the molecule is Cc1csc(C(=O)NNC=O)c1Cl. The number of aryl methyl sites for hydroxylation is 1. The van der Waals surface area contributed by atoms with Crippen molar-refractivity contribution in [3.63, 3.8) is 0 Å². The number of carbonyl (C=O) groups is 2. The van der Waals surface area contributed by atoms with Gasteiger partial charge >= 0.3 is 0 Å². The highest BCUT2D eigenvalue weighted by atomic mass is 35.5. The van der Waals surface area contributed by atoms with Crippen molar-refractivity contribution < 1.29 is 9.59 Å². The van der Waals surface area contributed by atoms with Gasteiger partial charge < -0.3 is 0 Å². The van der Waals surface area contributed by atoms with E-state index in [4.69, 9.17) is 11.6 Å². The summed E-state index contributed by atoms with van der Waals surface area (Å²) >= 11 is 7.05. The van der Waals surface area contributed by atoms with E-state index in [9.17, 15) is 9.59 Å². The Hall–Kier alpha value is -1.07. The van der Waals surface area contributed by atoms with E-state index >= 15 is 0 Å². The lowest BCUT2D eigenvalue weighted by molar-refractivity contribution is -0.110. The number of hydrogen-bond acceptors (Lipinski definition) is 3. The Balaban J connectivity index is 2.77. The van der Waals surface area contributed by atoms with Gasteiger partial charge in [0.2, 0.25) is 6.41 Å². The van der Waals surface area contributed by atoms with Crippen LogP contribution in [0.4, 0.5) is 0 Å². The third-order valence-corrected chi connectivity index (χ3v) is 3.05. The number of amides is 2. The molecule has 2 N–H and O–H groups in total. The van der Waals surface area contributed by atoms with Crippen LogP contribution in [0.2, 0.25) is 5.02 Å². The molecule has 0 fully saturated rings. The molecule has 0 saturated heterocycles. The summed E-state index contributed by atoms with van der Waals surface area (Å²) < 4.78 is 0. The number of hydrogen-bond donors (Lipinski definition) is 2. The normalized spacial score (nSPS) is 9.38. The van der Waals surface area contributed by atoms with E-state index < -0.39 is 5.91 Å². The summed E-state index contributed by atoms with van der Waals surface area (Å²) in [7, 11) is 0. The summed E-state index contributed by atoms with van der Waals surface area (Å²) in [5.74, 6) is -0.407. The van der Waals surface area contributed by atoms with Gasteiger partial charge in [0.25, 0.3) is 5.91 Å². The molecule has 0 radical (unpaired) electrons. The van der Waals surface area contributed by atoms with Crippen LogP contribution in [0.1, 0.15) is 15.2 Å². The molecule has 0 unspecified atom stereocenters. The Labute approximate surface area is 83.9 Å². The fourth-order valence-corrected chi connectivity index (χ4v) is 1.91. The molecule has 6 heteroatoms. The van der Waals surface area contributed by atoms with Crippen LogP contribution in [0.25, 0.3) is 0 Å². The molecule has 1 aromatic heterocycles. The molecule has 1 aromatic rings. The van der Waals surface area contributed by atoms with Crippen molar-refractivity contribution >= 4 is 35.3 Å². The molecule has 0 aliphatic carbocycles. The monoisotopic (exact) mass is 218 g/mol. The lowest BCUT2D eigenvalue weighted by atomic mass is 10.3. The maximum atomic E-state index is 11.2. The molecule has 0 saturated carbocycles. The quantitative estimate of drug-likeness (QED) is 0.590. The first-order valence-electron chi connectivity index (χ1n) is 3.40. The molecule has 0 aliphatic heterocycles. The van der Waals surface area contributed by atoms with Gasteiger partial charge in [0.1, 0.15) is 4.88 Å². The maximum Gasteiger partial charge on any atom is 0.281 e. The third kappa shape index (κ3) is 2.19. The topological polar surface area (TPSA) is 58.2 Å². The van der Waals surface area contributed by atoms with Crippen LogP contribution in [-0.4, -0.2) is 12.3 Å². The molecule has 13 heavy (non-hydrogen) atoms. The summed E-state index contributed by atoms with van der Waals surface area (Å²) in [5, 5.41) is 2.20. The minimum atomic E-state index is -0.407. The highest BCUT2D eigenvalue weighted by Gasteiger charge is 2.13. The van der Waals surface area contributed by atoms with Gasteiger partial charge in [0, 0.05) is 0 Å². The second-order valence-corrected chi connectivity index (χ2v) is 3.54. The number of rotatable bonds is 3. The fourth-order valence-electron chi connectivity index (χ4n) is 0.735. The van der Waals surface area contributed by atoms with Crippen molar-refractivity contribution in [3.05, 3.63) is 20.8 Å². The first-order chi connectivity index (χ1) is 6.16. The van der Waals surface area contributed by atoms with Gasteiger partial charge in [-0.2, -0.15) is 0 Å². The zero-order valence-corrected chi connectivity index (χ0v) is 8.33. The van der Waals surface area contributed by atoms with Crippen LogP contribution in [0.15, 0.2) is 5.38 Å². The van der Waals surface area contributed by atoms with Crippen LogP contribution in [0, 0.1) is 6.92 Å². The zero-order chi connectivity index (χ0) is 9.84. The fraction of sp³-hybridized carbons (Fsp3) is 0.143. The standard InChI is InChI=1S/C7H7ClN2O2S/c1-4-2-13-6(5(4)8)7(12)10-9-3-11/h2-3H,1H3,(H,9,11)(H,10,12). The minimum Gasteiger partial charge on any atom is -0.277 e. The van der Waals surface area contributed by atoms with Crippen molar-refractivity contribution in [2.75, 3.05) is 0 Å². The predicted molar refractivity (Wildman–Crippen MR) is 50.7 cm³/mol. The molecule has 2 amide bonds. The van der Waals surface area contributed by atoms with Gasteiger partial charge in [-0.15, -0.1) is 11.3 Å². The van der Waals surface area contributed by atoms with Crippen molar-refractivity contribution in [2.24, 2.45) is 0 Å². The van der Waals surface area contributed by atoms with Crippen LogP contribution >= 0.6 is 22.9 Å². The molecule has 4 nitrogen and oxygen atoms in total. The summed E-state index contributed by atoms with van der Waals surface area (Å²) in [6.07, 6.45) is 0.381. The highest BCUT2D eigenvalue weighted by molar-refractivity contribution is 7.13. The smallest absolute Gasteiger partial charge is 0.277 e. The number of hydrazine groups is 1. The van der Waals surface area contributed by atoms with Gasteiger partial charge in [-0.1, -0.05) is 11.6 Å². The van der Waals surface area contributed by atoms with Crippen LogP contribution in [0.5, 0.6) is 0 Å². The lowest BCUT2D eigenvalue weighted by Gasteiger charge is -1.99. The Bertz CT molecular complexity index is 337. The van der Waals surface area contributed by atoms with E-state index in [0.29, 0.717) is 16.3 Å². The minimum absolute atomic E-state index is 0.381. The van der Waals surface area contributed by atoms with Crippen molar-refractivity contribution in [1.29, 1.82) is 0 Å². The Kier molecular flexibility index (Phi) is 3.27. The lowest BCUT2D eigenvalue weighted by Crippen LogP contribution is -2.35. The average molecular weight is 219 g/mol. The average Bonchev–Trinajstić information content (AvgIpc) is 2.44. The molecule has 1 rings (SSSR count). The molecule has 0 atom stereocenters. The van der Waals surface area contributed by atoms with Gasteiger partial charge in [0.15, 0.2) is 0 Å². The van der Waals surface area contributed by atoms with Crippen molar-refractivity contribution in [3.8, 4) is 0 Å². The number of thiophene rings is 1. The van der Waals surface area contributed by atoms with Crippen LogP contribution in [0.3, 0.4) is 0 Å². The molecule has 0 aliphatic rings. The predicted octanol–water partition coefficient (Wildman–Crippen LogP) is 1.10. The van der Waals surface area contributed by atoms with E-state index in [2.05, 4.69) is 10.9 Å². The van der Waals surface area contributed by atoms with Gasteiger partial charge in [-0.3, -0.25) is 20.4 Å². The summed E-state index contributed by atoms with van der Waals surface area (Å²) in [6, 6.07) is 0. The van der Waals surface area contributed by atoms with E-state index in [1.807, 2.05) is 6.92 Å². The van der Waals surface area contributed by atoms with Gasteiger partial charge in [-0.25, -0.2) is 0 Å². The molecule has 70 valence electrons. The number of carbonyl (C=O) groups excluding carboxylic acids is 2. The molecule has 0 spiro atoms. The number of nitrogens with one attached hydrogen (secondary N) is 2. The summed E-state index contributed by atoms with van der Waals surface area (Å²) in [5.41, 5.74) is 5.07. The highest BCUT2D eigenvalue weighted by Crippen LogP contribution is 2.26. The zero-order valence-electron chi connectivity index (χ0n) is 6.76. The first kappa shape index (κ1) is 10.0. The Morgan fingerprint density at radius 2 is 2.38 bits per heavy atom. The van der Waals surface area contributed by atoms with Crippen LogP contribution in [-0.2, 0) is 4.79 Å². The van der Waals surface area contributed by atoms with Gasteiger partial charge in [0.05, 0.1) is 5.02 Å². The van der Waals surface area contributed by atoms with E-state index in [-0.39, 0.29) is 0 Å². The molecule has 1 heterocycles. The summed E-state index contributed by atoms with van der Waals surface area (Å²) in [4.78, 5) is 21.5.